The number of carbonyl (C=O) groups is 1. The van der Waals surface area contributed by atoms with Gasteiger partial charge in [0.15, 0.2) is 10.9 Å². The van der Waals surface area contributed by atoms with Crippen molar-refractivity contribution in [2.45, 2.75) is 31.2 Å². The van der Waals surface area contributed by atoms with E-state index in [1.54, 1.807) is 13.4 Å². The average molecular weight is 367 g/mol. The van der Waals surface area contributed by atoms with Gasteiger partial charge < -0.3 is 4.74 Å². The summed E-state index contributed by atoms with van der Waals surface area (Å²) in [4.78, 5) is 12.8. The Morgan fingerprint density at radius 2 is 1.92 bits per heavy atom. The molecule has 0 aliphatic heterocycles. The Morgan fingerprint density at radius 1 is 1.15 bits per heavy atom. The summed E-state index contributed by atoms with van der Waals surface area (Å²) < 4.78 is 7.26. The summed E-state index contributed by atoms with van der Waals surface area (Å²) in [6, 6.07) is 13.5. The highest BCUT2D eigenvalue weighted by atomic mass is 32.2. The third-order valence-corrected chi connectivity index (χ3v) is 5.36. The predicted molar refractivity (Wildman–Crippen MR) is 103 cm³/mol. The Morgan fingerprint density at radius 3 is 2.65 bits per heavy atom. The number of rotatable bonds is 6. The lowest BCUT2D eigenvalue weighted by atomic mass is 10.0. The van der Waals surface area contributed by atoms with Gasteiger partial charge >= 0.3 is 0 Å². The maximum atomic E-state index is 12.8. The van der Waals surface area contributed by atoms with Crippen LogP contribution in [0.4, 0.5) is 0 Å². The highest BCUT2D eigenvalue weighted by Gasteiger charge is 2.21. The fraction of sp³-hybridized carbons (Fsp3) is 0.250. The lowest BCUT2D eigenvalue weighted by Crippen LogP contribution is -2.15. The molecule has 1 atom stereocenters. The molecule has 0 saturated heterocycles. The SMILES string of the molecule is COc1ccccc1-n1cnnc1S[C@H](C)C(=O)c1ccc(C)c(C)c1. The Balaban J connectivity index is 1.84. The molecule has 3 aromatic rings. The van der Waals surface area contributed by atoms with Gasteiger partial charge in [0.25, 0.3) is 0 Å². The average Bonchev–Trinajstić information content (AvgIpc) is 3.11. The first-order valence-corrected chi connectivity index (χ1v) is 9.20. The Labute approximate surface area is 157 Å². The molecular formula is C20H21N3O2S. The molecule has 1 aromatic heterocycles. The van der Waals surface area contributed by atoms with E-state index in [-0.39, 0.29) is 11.0 Å². The molecule has 0 aliphatic carbocycles. The molecule has 3 rings (SSSR count). The quantitative estimate of drug-likeness (QED) is 0.481. The van der Waals surface area contributed by atoms with Gasteiger partial charge in [0.05, 0.1) is 18.0 Å². The van der Waals surface area contributed by atoms with E-state index in [2.05, 4.69) is 10.2 Å². The highest BCUT2D eigenvalue weighted by molar-refractivity contribution is 8.00. The van der Waals surface area contributed by atoms with Gasteiger partial charge in [0, 0.05) is 5.56 Å². The second kappa shape index (κ2) is 7.74. The predicted octanol–water partition coefficient (Wildman–Crippen LogP) is 4.26. The number of nitrogens with zero attached hydrogens (tertiary/aromatic N) is 3. The summed E-state index contributed by atoms with van der Waals surface area (Å²) >= 11 is 1.39. The second-order valence-electron chi connectivity index (χ2n) is 6.08. The first kappa shape index (κ1) is 18.2. The number of Topliss-reactive ketones (excluding diaryl/α,β-unsaturated/α-hetero) is 1. The van der Waals surface area contributed by atoms with Crippen molar-refractivity contribution in [3.05, 3.63) is 65.5 Å². The van der Waals surface area contributed by atoms with Crippen LogP contribution in [-0.2, 0) is 0 Å². The number of aromatic nitrogens is 3. The van der Waals surface area contributed by atoms with Crippen LogP contribution in [-0.4, -0.2) is 32.9 Å². The molecule has 134 valence electrons. The van der Waals surface area contributed by atoms with Crippen LogP contribution in [0.3, 0.4) is 0 Å². The van der Waals surface area contributed by atoms with E-state index in [0.717, 1.165) is 22.6 Å². The summed E-state index contributed by atoms with van der Waals surface area (Å²) in [7, 11) is 1.63. The van der Waals surface area contributed by atoms with Crippen molar-refractivity contribution >= 4 is 17.5 Å². The third kappa shape index (κ3) is 3.65. The molecular weight excluding hydrogens is 346 g/mol. The van der Waals surface area contributed by atoms with E-state index in [0.29, 0.717) is 5.16 Å². The molecule has 5 nitrogen and oxygen atoms in total. The Kier molecular flexibility index (Phi) is 5.42. The summed E-state index contributed by atoms with van der Waals surface area (Å²) in [5.74, 6) is 0.801. The molecule has 0 fully saturated rings. The molecule has 0 bridgehead atoms. The number of hydrogen-bond acceptors (Lipinski definition) is 5. The molecule has 0 radical (unpaired) electrons. The zero-order valence-electron chi connectivity index (χ0n) is 15.3. The van der Waals surface area contributed by atoms with Crippen molar-refractivity contribution in [3.8, 4) is 11.4 Å². The van der Waals surface area contributed by atoms with Gasteiger partial charge in [-0.15, -0.1) is 10.2 Å². The Hall–Kier alpha value is -2.60. The minimum atomic E-state index is -0.283. The number of para-hydroxylation sites is 2. The second-order valence-corrected chi connectivity index (χ2v) is 7.39. The van der Waals surface area contributed by atoms with Crippen LogP contribution >= 0.6 is 11.8 Å². The van der Waals surface area contributed by atoms with Crippen LogP contribution in [0.2, 0.25) is 0 Å². The fourth-order valence-corrected chi connectivity index (χ4v) is 3.55. The topological polar surface area (TPSA) is 57.0 Å². The van der Waals surface area contributed by atoms with Crippen molar-refractivity contribution in [2.75, 3.05) is 7.11 Å². The van der Waals surface area contributed by atoms with E-state index < -0.39 is 0 Å². The van der Waals surface area contributed by atoms with E-state index in [1.165, 1.54) is 17.3 Å². The smallest absolute Gasteiger partial charge is 0.196 e. The number of benzene rings is 2. The highest BCUT2D eigenvalue weighted by Crippen LogP contribution is 2.30. The maximum Gasteiger partial charge on any atom is 0.196 e. The van der Waals surface area contributed by atoms with Gasteiger partial charge in [0.2, 0.25) is 0 Å². The van der Waals surface area contributed by atoms with Gasteiger partial charge in [-0.3, -0.25) is 9.36 Å². The minimum Gasteiger partial charge on any atom is -0.495 e. The van der Waals surface area contributed by atoms with Crippen molar-refractivity contribution in [2.24, 2.45) is 0 Å². The zero-order valence-corrected chi connectivity index (χ0v) is 16.1. The number of aryl methyl sites for hydroxylation is 2. The number of methoxy groups -OCH3 is 1. The maximum absolute atomic E-state index is 12.8. The van der Waals surface area contributed by atoms with Crippen molar-refractivity contribution in [3.63, 3.8) is 0 Å². The van der Waals surface area contributed by atoms with Gasteiger partial charge in [-0.1, -0.05) is 36.0 Å². The molecule has 0 N–H and O–H groups in total. The molecule has 0 amide bonds. The third-order valence-electron chi connectivity index (χ3n) is 4.30. The summed E-state index contributed by atoms with van der Waals surface area (Å²) in [6.45, 7) is 5.95. The van der Waals surface area contributed by atoms with Crippen LogP contribution in [0.5, 0.6) is 5.75 Å². The van der Waals surface area contributed by atoms with Crippen molar-refractivity contribution in [1.29, 1.82) is 0 Å². The fourth-order valence-electron chi connectivity index (χ4n) is 2.64. The lowest BCUT2D eigenvalue weighted by molar-refractivity contribution is 0.0993. The molecule has 0 aliphatic rings. The monoisotopic (exact) mass is 367 g/mol. The number of carbonyl (C=O) groups excluding carboxylic acids is 1. The van der Waals surface area contributed by atoms with Crippen molar-refractivity contribution < 1.29 is 9.53 Å². The molecule has 0 unspecified atom stereocenters. The van der Waals surface area contributed by atoms with Crippen LogP contribution < -0.4 is 4.74 Å². The summed E-state index contributed by atoms with van der Waals surface area (Å²) in [5.41, 5.74) is 3.85. The minimum absolute atomic E-state index is 0.0766. The van der Waals surface area contributed by atoms with E-state index in [9.17, 15) is 4.79 Å². The van der Waals surface area contributed by atoms with Crippen LogP contribution in [0.1, 0.15) is 28.4 Å². The van der Waals surface area contributed by atoms with E-state index >= 15 is 0 Å². The van der Waals surface area contributed by atoms with Crippen molar-refractivity contribution in [1.82, 2.24) is 14.8 Å². The zero-order chi connectivity index (χ0) is 18.7. The molecule has 1 heterocycles. The number of ether oxygens (including phenoxy) is 1. The molecule has 2 aromatic carbocycles. The standard InChI is InChI=1S/C20H21N3O2S/c1-13-9-10-16(11-14(13)2)19(24)15(3)26-20-22-21-12-23(20)17-7-5-6-8-18(17)25-4/h5-12,15H,1-4H3/t15-/m1/s1. The molecule has 26 heavy (non-hydrogen) atoms. The summed E-state index contributed by atoms with van der Waals surface area (Å²) in [5, 5.41) is 8.56. The Bertz CT molecular complexity index is 936. The first-order valence-electron chi connectivity index (χ1n) is 8.32. The largest absolute Gasteiger partial charge is 0.495 e. The van der Waals surface area contributed by atoms with Gasteiger partial charge in [-0.05, 0) is 50.1 Å². The van der Waals surface area contributed by atoms with E-state index in [1.807, 2.05) is 67.8 Å². The van der Waals surface area contributed by atoms with Crippen LogP contribution in [0.25, 0.3) is 5.69 Å². The molecule has 0 saturated carbocycles. The molecule has 0 spiro atoms. The number of hydrogen-bond donors (Lipinski definition) is 0. The lowest BCUT2D eigenvalue weighted by Gasteiger charge is -2.13. The molecule has 6 heteroatoms. The van der Waals surface area contributed by atoms with Crippen LogP contribution in [0, 0.1) is 13.8 Å². The van der Waals surface area contributed by atoms with Crippen LogP contribution in [0.15, 0.2) is 53.9 Å². The number of ketones is 1. The van der Waals surface area contributed by atoms with Gasteiger partial charge in [-0.25, -0.2) is 0 Å². The number of thioether (sulfide) groups is 1. The van der Waals surface area contributed by atoms with Gasteiger partial charge in [0.1, 0.15) is 12.1 Å². The first-order chi connectivity index (χ1) is 12.5. The van der Waals surface area contributed by atoms with E-state index in [4.69, 9.17) is 4.74 Å². The van der Waals surface area contributed by atoms with Gasteiger partial charge in [-0.2, -0.15) is 0 Å². The summed E-state index contributed by atoms with van der Waals surface area (Å²) in [6.07, 6.45) is 1.63. The normalized spacial score (nSPS) is 12.0.